The lowest BCUT2D eigenvalue weighted by Gasteiger charge is -2.31. The van der Waals surface area contributed by atoms with Crippen molar-refractivity contribution in [2.24, 2.45) is 0 Å². The number of hydrogen-bond donors (Lipinski definition) is 1. The third-order valence-corrected chi connectivity index (χ3v) is 2.13. The van der Waals surface area contributed by atoms with Gasteiger partial charge in [0, 0.05) is 6.42 Å². The lowest BCUT2D eigenvalue weighted by atomic mass is 9.91. The molecule has 0 aromatic heterocycles. The summed E-state index contributed by atoms with van der Waals surface area (Å²) in [5.41, 5.74) is -0.802. The first kappa shape index (κ1) is 9.03. The van der Waals surface area contributed by atoms with Gasteiger partial charge < -0.3 is 10.1 Å². The SMILES string of the molecule is COC(=O)[C@@]1(C)CCCC(=O)N1. The van der Waals surface area contributed by atoms with Gasteiger partial charge in [-0.3, -0.25) is 4.79 Å². The number of amides is 1. The molecule has 0 bridgehead atoms. The fraction of sp³-hybridized carbons (Fsp3) is 0.750. The Bertz CT molecular complexity index is 214. The van der Waals surface area contributed by atoms with E-state index in [1.807, 2.05) is 0 Å². The molecule has 1 amide bonds. The summed E-state index contributed by atoms with van der Waals surface area (Å²) < 4.78 is 4.59. The van der Waals surface area contributed by atoms with Gasteiger partial charge in [-0.25, -0.2) is 4.79 Å². The van der Waals surface area contributed by atoms with Gasteiger partial charge in [-0.15, -0.1) is 0 Å². The van der Waals surface area contributed by atoms with Crippen LogP contribution in [-0.4, -0.2) is 24.5 Å². The average molecular weight is 171 g/mol. The molecule has 0 aromatic rings. The molecule has 1 atom stereocenters. The van der Waals surface area contributed by atoms with E-state index in [-0.39, 0.29) is 11.9 Å². The van der Waals surface area contributed by atoms with E-state index in [4.69, 9.17) is 0 Å². The molecule has 0 unspecified atom stereocenters. The third-order valence-electron chi connectivity index (χ3n) is 2.13. The second kappa shape index (κ2) is 3.13. The Kier molecular flexibility index (Phi) is 2.35. The molecular weight excluding hydrogens is 158 g/mol. The molecule has 1 fully saturated rings. The maximum Gasteiger partial charge on any atom is 0.331 e. The van der Waals surface area contributed by atoms with Crippen molar-refractivity contribution < 1.29 is 14.3 Å². The lowest BCUT2D eigenvalue weighted by molar-refractivity contribution is -0.152. The topological polar surface area (TPSA) is 55.4 Å². The van der Waals surface area contributed by atoms with E-state index in [0.29, 0.717) is 12.8 Å². The zero-order chi connectivity index (χ0) is 9.19. The van der Waals surface area contributed by atoms with Gasteiger partial charge in [0.15, 0.2) is 0 Å². The van der Waals surface area contributed by atoms with E-state index in [2.05, 4.69) is 10.1 Å². The summed E-state index contributed by atoms with van der Waals surface area (Å²) in [6.07, 6.45) is 1.91. The molecule has 1 rings (SSSR count). The van der Waals surface area contributed by atoms with Gasteiger partial charge in [0.25, 0.3) is 0 Å². The maximum atomic E-state index is 11.2. The van der Waals surface area contributed by atoms with Crippen molar-refractivity contribution in [3.63, 3.8) is 0 Å². The second-order valence-electron chi connectivity index (χ2n) is 3.23. The molecule has 0 aliphatic carbocycles. The van der Waals surface area contributed by atoms with Crippen molar-refractivity contribution in [2.45, 2.75) is 31.7 Å². The highest BCUT2D eigenvalue weighted by Gasteiger charge is 2.38. The Morgan fingerprint density at radius 1 is 1.67 bits per heavy atom. The molecule has 1 N–H and O–H groups in total. The van der Waals surface area contributed by atoms with Crippen LogP contribution >= 0.6 is 0 Å². The van der Waals surface area contributed by atoms with Crippen LogP contribution in [0.4, 0.5) is 0 Å². The van der Waals surface area contributed by atoms with Gasteiger partial charge in [0.2, 0.25) is 5.91 Å². The molecule has 1 saturated heterocycles. The fourth-order valence-corrected chi connectivity index (χ4v) is 1.41. The number of hydrogen-bond acceptors (Lipinski definition) is 3. The molecule has 0 saturated carbocycles. The minimum absolute atomic E-state index is 0.0749. The number of carbonyl (C=O) groups is 2. The maximum absolute atomic E-state index is 11.2. The highest BCUT2D eigenvalue weighted by molar-refractivity contribution is 5.88. The summed E-state index contributed by atoms with van der Waals surface area (Å²) in [5, 5.41) is 2.63. The molecule has 1 aliphatic heterocycles. The Hall–Kier alpha value is -1.06. The number of piperidine rings is 1. The van der Waals surface area contributed by atoms with E-state index in [1.54, 1.807) is 6.92 Å². The summed E-state index contributed by atoms with van der Waals surface area (Å²) >= 11 is 0. The quantitative estimate of drug-likeness (QED) is 0.574. The summed E-state index contributed by atoms with van der Waals surface area (Å²) in [6, 6.07) is 0. The van der Waals surface area contributed by atoms with Crippen LogP contribution in [0.2, 0.25) is 0 Å². The fourth-order valence-electron chi connectivity index (χ4n) is 1.41. The van der Waals surface area contributed by atoms with Crippen LogP contribution in [0, 0.1) is 0 Å². The van der Waals surface area contributed by atoms with Crippen molar-refractivity contribution in [1.29, 1.82) is 0 Å². The molecule has 0 aromatic carbocycles. The first-order valence-corrected chi connectivity index (χ1v) is 3.98. The van der Waals surface area contributed by atoms with Crippen molar-refractivity contribution in [1.82, 2.24) is 5.32 Å². The Balaban J connectivity index is 2.69. The minimum atomic E-state index is -0.802. The van der Waals surface area contributed by atoms with Crippen LogP contribution in [-0.2, 0) is 14.3 Å². The highest BCUT2D eigenvalue weighted by Crippen LogP contribution is 2.20. The van der Waals surface area contributed by atoms with Crippen LogP contribution < -0.4 is 5.32 Å². The van der Waals surface area contributed by atoms with Gasteiger partial charge >= 0.3 is 5.97 Å². The molecule has 0 spiro atoms. The van der Waals surface area contributed by atoms with Gasteiger partial charge in [0.05, 0.1) is 7.11 Å². The number of ether oxygens (including phenoxy) is 1. The predicted molar refractivity (Wildman–Crippen MR) is 42.4 cm³/mol. The first-order valence-electron chi connectivity index (χ1n) is 3.98. The Morgan fingerprint density at radius 2 is 2.33 bits per heavy atom. The van der Waals surface area contributed by atoms with E-state index in [0.717, 1.165) is 6.42 Å². The predicted octanol–water partition coefficient (Wildman–Crippen LogP) is 0.218. The van der Waals surface area contributed by atoms with Crippen LogP contribution in [0.5, 0.6) is 0 Å². The summed E-state index contributed by atoms with van der Waals surface area (Å²) in [7, 11) is 1.33. The number of esters is 1. The van der Waals surface area contributed by atoms with Crippen molar-refractivity contribution in [2.75, 3.05) is 7.11 Å². The zero-order valence-corrected chi connectivity index (χ0v) is 7.35. The minimum Gasteiger partial charge on any atom is -0.467 e. The van der Waals surface area contributed by atoms with E-state index >= 15 is 0 Å². The zero-order valence-electron chi connectivity index (χ0n) is 7.35. The van der Waals surface area contributed by atoms with Gasteiger partial charge in [-0.1, -0.05) is 0 Å². The van der Waals surface area contributed by atoms with E-state index in [1.165, 1.54) is 7.11 Å². The highest BCUT2D eigenvalue weighted by atomic mass is 16.5. The summed E-state index contributed by atoms with van der Waals surface area (Å²) in [6.45, 7) is 1.69. The van der Waals surface area contributed by atoms with Crippen molar-refractivity contribution in [3.05, 3.63) is 0 Å². The molecular formula is C8H13NO3. The average Bonchev–Trinajstić information content (AvgIpc) is 2.02. The van der Waals surface area contributed by atoms with Gasteiger partial charge in [-0.05, 0) is 19.8 Å². The number of nitrogens with one attached hydrogen (secondary N) is 1. The second-order valence-corrected chi connectivity index (χ2v) is 3.23. The molecule has 12 heavy (non-hydrogen) atoms. The van der Waals surface area contributed by atoms with Crippen LogP contribution in [0.25, 0.3) is 0 Å². The Labute approximate surface area is 71.3 Å². The van der Waals surface area contributed by atoms with Crippen molar-refractivity contribution >= 4 is 11.9 Å². The van der Waals surface area contributed by atoms with Crippen LogP contribution in [0.1, 0.15) is 26.2 Å². The molecule has 68 valence electrons. The lowest BCUT2D eigenvalue weighted by Crippen LogP contribution is -2.55. The summed E-state index contributed by atoms with van der Waals surface area (Å²) in [5.74, 6) is -0.440. The molecule has 1 heterocycles. The molecule has 4 nitrogen and oxygen atoms in total. The molecule has 4 heteroatoms. The molecule has 1 aliphatic rings. The number of carbonyl (C=O) groups excluding carboxylic acids is 2. The molecule has 0 radical (unpaired) electrons. The van der Waals surface area contributed by atoms with Crippen molar-refractivity contribution in [3.8, 4) is 0 Å². The standard InChI is InChI=1S/C8H13NO3/c1-8(7(11)12-2)5-3-4-6(10)9-8/h3-5H2,1-2H3,(H,9,10)/t8-/m1/s1. The monoisotopic (exact) mass is 171 g/mol. The van der Waals surface area contributed by atoms with Gasteiger partial charge in [-0.2, -0.15) is 0 Å². The smallest absolute Gasteiger partial charge is 0.331 e. The number of rotatable bonds is 1. The Morgan fingerprint density at radius 3 is 2.83 bits per heavy atom. The first-order chi connectivity index (χ1) is 5.58. The van der Waals surface area contributed by atoms with Crippen LogP contribution in [0.3, 0.4) is 0 Å². The normalized spacial score (nSPS) is 29.3. The summed E-state index contributed by atoms with van der Waals surface area (Å²) in [4.78, 5) is 22.2. The number of methoxy groups -OCH3 is 1. The van der Waals surface area contributed by atoms with E-state index in [9.17, 15) is 9.59 Å². The van der Waals surface area contributed by atoms with E-state index < -0.39 is 5.54 Å². The van der Waals surface area contributed by atoms with Gasteiger partial charge in [0.1, 0.15) is 5.54 Å². The largest absolute Gasteiger partial charge is 0.467 e. The third kappa shape index (κ3) is 1.57. The van der Waals surface area contributed by atoms with Crippen LogP contribution in [0.15, 0.2) is 0 Å².